The summed E-state index contributed by atoms with van der Waals surface area (Å²) in [6, 6.07) is 7.11. The minimum absolute atomic E-state index is 0.00475. The van der Waals surface area contributed by atoms with Gasteiger partial charge in [-0.2, -0.15) is 26.3 Å². The maximum atomic E-state index is 13.5. The molecular formula is C31H35F6NO2S. The van der Waals surface area contributed by atoms with Crippen molar-refractivity contribution in [2.45, 2.75) is 84.3 Å². The number of hydrogen-bond acceptors (Lipinski definition) is 3. The van der Waals surface area contributed by atoms with Gasteiger partial charge in [-0.15, -0.1) is 0 Å². The van der Waals surface area contributed by atoms with E-state index >= 15 is 0 Å². The molecule has 2 atom stereocenters. The molecule has 2 aromatic carbocycles. The number of halogens is 6. The molecule has 1 fully saturated rings. The largest absolute Gasteiger partial charge is 0.496 e. The highest BCUT2D eigenvalue weighted by Gasteiger charge is 2.43. The molecule has 1 saturated heterocycles. The number of alkyl halides is 6. The zero-order valence-corrected chi connectivity index (χ0v) is 24.8. The first-order valence-electron chi connectivity index (χ1n) is 13.6. The Morgan fingerprint density at radius 1 is 1.02 bits per heavy atom. The Balaban J connectivity index is 1.74. The van der Waals surface area contributed by atoms with Gasteiger partial charge in [-0.25, -0.2) is 0 Å². The molecule has 3 nitrogen and oxygen atoms in total. The van der Waals surface area contributed by atoms with Gasteiger partial charge in [0.05, 0.1) is 24.3 Å². The van der Waals surface area contributed by atoms with E-state index in [1.165, 1.54) is 0 Å². The summed E-state index contributed by atoms with van der Waals surface area (Å²) in [6.07, 6.45) is -8.50. The van der Waals surface area contributed by atoms with Crippen LogP contribution in [0.2, 0.25) is 0 Å². The Bertz CT molecular complexity index is 1310. The van der Waals surface area contributed by atoms with Gasteiger partial charge in [0.2, 0.25) is 0 Å². The van der Waals surface area contributed by atoms with Crippen LogP contribution in [0.3, 0.4) is 0 Å². The van der Waals surface area contributed by atoms with Crippen molar-refractivity contribution in [3.63, 3.8) is 0 Å². The van der Waals surface area contributed by atoms with Gasteiger partial charge in [0, 0.05) is 12.1 Å². The summed E-state index contributed by atoms with van der Waals surface area (Å²) >= 11 is 5.50. The number of benzene rings is 2. The summed E-state index contributed by atoms with van der Waals surface area (Å²) in [4.78, 5) is 1.77. The van der Waals surface area contributed by atoms with E-state index in [2.05, 4.69) is 33.8 Å². The van der Waals surface area contributed by atoms with E-state index < -0.39 is 35.6 Å². The standard InChI is InChI=1S/C31H35F6NO2S/c1-17(2)19-7-8-26(39-6)25(13-19)24-9-10-29(4,5)15-21(24)16-38-18(3)27(40-28(38)41)20-11-22(30(32,33)34)14-23(12-20)31(35,36)37/h7-8,11-14,17-18,27H,9-10,15-16H2,1-6H3/t18-,27?/m0/s1. The van der Waals surface area contributed by atoms with Crippen molar-refractivity contribution in [1.29, 1.82) is 0 Å². The predicted octanol–water partition coefficient (Wildman–Crippen LogP) is 9.57. The van der Waals surface area contributed by atoms with Gasteiger partial charge in [0.25, 0.3) is 5.17 Å². The topological polar surface area (TPSA) is 21.7 Å². The van der Waals surface area contributed by atoms with Gasteiger partial charge in [-0.1, -0.05) is 33.8 Å². The van der Waals surface area contributed by atoms with Crippen LogP contribution in [0.4, 0.5) is 26.3 Å². The molecule has 1 heterocycles. The monoisotopic (exact) mass is 599 g/mol. The van der Waals surface area contributed by atoms with Gasteiger partial charge < -0.3 is 14.4 Å². The Kier molecular flexibility index (Phi) is 8.48. The molecule has 10 heteroatoms. The van der Waals surface area contributed by atoms with Crippen LogP contribution in [0.1, 0.15) is 93.7 Å². The molecule has 1 aliphatic heterocycles. The van der Waals surface area contributed by atoms with E-state index in [4.69, 9.17) is 21.7 Å². The molecule has 0 amide bonds. The van der Waals surface area contributed by atoms with Crippen LogP contribution in [-0.2, 0) is 17.1 Å². The highest BCUT2D eigenvalue weighted by Crippen LogP contribution is 2.47. The minimum Gasteiger partial charge on any atom is -0.496 e. The molecular weight excluding hydrogens is 564 g/mol. The van der Waals surface area contributed by atoms with Crippen LogP contribution in [-0.4, -0.2) is 29.8 Å². The van der Waals surface area contributed by atoms with Crippen molar-refractivity contribution in [2.24, 2.45) is 5.41 Å². The maximum Gasteiger partial charge on any atom is 0.416 e. The average molecular weight is 600 g/mol. The quantitative estimate of drug-likeness (QED) is 0.244. The van der Waals surface area contributed by atoms with E-state index in [0.717, 1.165) is 59.4 Å². The molecule has 0 radical (unpaired) electrons. The van der Waals surface area contributed by atoms with Crippen molar-refractivity contribution in [3.8, 4) is 5.75 Å². The lowest BCUT2D eigenvalue weighted by Crippen LogP contribution is -2.35. The smallest absolute Gasteiger partial charge is 0.416 e. The highest BCUT2D eigenvalue weighted by molar-refractivity contribution is 7.80. The van der Waals surface area contributed by atoms with Gasteiger partial charge >= 0.3 is 12.4 Å². The van der Waals surface area contributed by atoms with E-state index in [0.29, 0.717) is 12.5 Å². The van der Waals surface area contributed by atoms with Crippen LogP contribution in [0.25, 0.3) is 5.57 Å². The molecule has 0 bridgehead atoms. The normalized spacial score (nSPS) is 21.5. The lowest BCUT2D eigenvalue weighted by Gasteiger charge is -2.36. The Morgan fingerprint density at radius 3 is 2.17 bits per heavy atom. The number of nitrogens with zero attached hydrogens (tertiary/aromatic N) is 1. The first-order valence-corrected chi connectivity index (χ1v) is 14.0. The molecule has 2 aliphatic rings. The van der Waals surface area contributed by atoms with E-state index in [9.17, 15) is 26.3 Å². The van der Waals surface area contributed by atoms with Crippen molar-refractivity contribution in [2.75, 3.05) is 13.7 Å². The van der Waals surface area contributed by atoms with Crippen LogP contribution in [0, 0.1) is 5.41 Å². The molecule has 0 spiro atoms. The third-order valence-electron chi connectivity index (χ3n) is 8.08. The number of allylic oxidation sites excluding steroid dienone is 1. The van der Waals surface area contributed by atoms with Crippen molar-refractivity contribution in [3.05, 3.63) is 69.8 Å². The van der Waals surface area contributed by atoms with E-state index in [-0.39, 0.29) is 22.2 Å². The molecule has 1 unspecified atom stereocenters. The molecule has 4 rings (SSSR count). The highest BCUT2D eigenvalue weighted by atomic mass is 32.1. The average Bonchev–Trinajstić information content (AvgIpc) is 3.15. The van der Waals surface area contributed by atoms with Crippen molar-refractivity contribution in [1.82, 2.24) is 4.90 Å². The lowest BCUT2D eigenvalue weighted by molar-refractivity contribution is -0.143. The van der Waals surface area contributed by atoms with Crippen LogP contribution in [0.15, 0.2) is 42.0 Å². The second kappa shape index (κ2) is 11.2. The Labute approximate surface area is 242 Å². The second-order valence-electron chi connectivity index (χ2n) is 12.0. The van der Waals surface area contributed by atoms with E-state index in [1.54, 1.807) is 18.9 Å². The molecule has 2 aromatic rings. The first kappa shape index (κ1) is 31.2. The molecule has 1 aliphatic carbocycles. The van der Waals surface area contributed by atoms with Crippen LogP contribution >= 0.6 is 12.2 Å². The molecule has 41 heavy (non-hydrogen) atoms. The number of methoxy groups -OCH3 is 1. The van der Waals surface area contributed by atoms with Gasteiger partial charge in [-0.3, -0.25) is 0 Å². The zero-order valence-electron chi connectivity index (χ0n) is 24.0. The summed E-state index contributed by atoms with van der Waals surface area (Å²) in [7, 11) is 1.63. The van der Waals surface area contributed by atoms with Crippen molar-refractivity contribution < 1.29 is 35.8 Å². The Morgan fingerprint density at radius 2 is 1.63 bits per heavy atom. The number of hydrogen-bond donors (Lipinski definition) is 0. The van der Waals surface area contributed by atoms with E-state index in [1.807, 2.05) is 12.1 Å². The Hall–Kier alpha value is -2.75. The third-order valence-corrected chi connectivity index (χ3v) is 8.41. The fourth-order valence-corrected chi connectivity index (χ4v) is 6.05. The van der Waals surface area contributed by atoms with Gasteiger partial charge in [-0.05, 0) is 102 Å². The van der Waals surface area contributed by atoms with Gasteiger partial charge in [0.15, 0.2) is 0 Å². The zero-order chi connectivity index (χ0) is 30.5. The van der Waals surface area contributed by atoms with Crippen molar-refractivity contribution >= 4 is 23.0 Å². The molecule has 0 saturated carbocycles. The third kappa shape index (κ3) is 6.68. The summed E-state index contributed by atoms with van der Waals surface area (Å²) in [5.41, 5.74) is 1.41. The predicted molar refractivity (Wildman–Crippen MR) is 151 cm³/mol. The number of ether oxygens (including phenoxy) is 2. The maximum absolute atomic E-state index is 13.5. The van der Waals surface area contributed by atoms with Crippen LogP contribution in [0.5, 0.6) is 5.75 Å². The molecule has 0 aromatic heterocycles. The summed E-state index contributed by atoms with van der Waals surface area (Å²) in [5, 5.41) is 0.0478. The van der Waals surface area contributed by atoms with Gasteiger partial charge in [0.1, 0.15) is 11.9 Å². The number of thiocarbonyl (C=S) groups is 1. The molecule has 0 N–H and O–H groups in total. The SMILES string of the molecule is COc1ccc(C(C)C)cc1C1=C(CN2C(=S)OC(c3cc(C(F)(F)F)cc(C(F)(F)F)c3)[C@@H]2C)CC(C)(C)CC1. The second-order valence-corrected chi connectivity index (χ2v) is 12.4. The molecule has 224 valence electrons. The summed E-state index contributed by atoms with van der Waals surface area (Å²) < 4.78 is 92.8. The first-order chi connectivity index (χ1) is 18.9. The van der Waals surface area contributed by atoms with Crippen LogP contribution < -0.4 is 4.74 Å². The summed E-state index contributed by atoms with van der Waals surface area (Å²) in [5.74, 6) is 1.05. The lowest BCUT2D eigenvalue weighted by atomic mass is 9.72. The summed E-state index contributed by atoms with van der Waals surface area (Å²) in [6.45, 7) is 10.6. The minimum atomic E-state index is -4.95. The fraction of sp³-hybridized carbons (Fsp3) is 0.516. The fourth-order valence-electron chi connectivity index (χ4n) is 5.72. The number of rotatable bonds is 6.